The highest BCUT2D eigenvalue weighted by molar-refractivity contribution is 8.26. The van der Waals surface area contributed by atoms with Gasteiger partial charge in [0, 0.05) is 18.5 Å². The summed E-state index contributed by atoms with van der Waals surface area (Å²) < 4.78 is 11.6. The fraction of sp³-hybridized carbons (Fsp3) is 0.389. The molecule has 2 rings (SSSR count). The summed E-state index contributed by atoms with van der Waals surface area (Å²) in [4.78, 5) is 25.2. The Balaban J connectivity index is 2.22. The van der Waals surface area contributed by atoms with Gasteiger partial charge in [-0.3, -0.25) is 14.5 Å². The number of carboxylic acid groups (broad SMARTS) is 1. The quantitative estimate of drug-likeness (QED) is 0.506. The van der Waals surface area contributed by atoms with Crippen LogP contribution in [0.1, 0.15) is 32.3 Å². The number of nitrogens with zero attached hydrogens (tertiary/aromatic N) is 1. The minimum absolute atomic E-state index is 0.000990. The van der Waals surface area contributed by atoms with Crippen molar-refractivity contribution in [3.05, 3.63) is 28.7 Å². The van der Waals surface area contributed by atoms with Gasteiger partial charge in [0.1, 0.15) is 15.8 Å². The Hall–Kier alpha value is -2.06. The van der Waals surface area contributed by atoms with Crippen LogP contribution in [-0.2, 0) is 9.59 Å². The first-order valence-electron chi connectivity index (χ1n) is 8.33. The second-order valence-electron chi connectivity index (χ2n) is 5.40. The predicted molar refractivity (Wildman–Crippen MR) is 106 cm³/mol. The molecule has 0 atom stereocenters. The van der Waals surface area contributed by atoms with Gasteiger partial charge in [0.2, 0.25) is 0 Å². The summed E-state index contributed by atoms with van der Waals surface area (Å²) in [6.07, 6.45) is 2.10. The van der Waals surface area contributed by atoms with E-state index in [4.69, 9.17) is 26.8 Å². The van der Waals surface area contributed by atoms with E-state index in [2.05, 4.69) is 0 Å². The van der Waals surface area contributed by atoms with Crippen LogP contribution in [0.15, 0.2) is 23.1 Å². The van der Waals surface area contributed by atoms with Gasteiger partial charge >= 0.3 is 5.97 Å². The third-order valence-electron chi connectivity index (χ3n) is 3.52. The maximum absolute atomic E-state index is 12.6. The summed E-state index contributed by atoms with van der Waals surface area (Å²) in [5.41, 5.74) is 0.740. The third-order valence-corrected chi connectivity index (χ3v) is 4.90. The van der Waals surface area contributed by atoms with Crippen LogP contribution >= 0.6 is 24.0 Å². The first-order valence-corrected chi connectivity index (χ1v) is 9.55. The zero-order chi connectivity index (χ0) is 19.1. The summed E-state index contributed by atoms with van der Waals surface area (Å²) in [5.74, 6) is 0.251. The number of benzene rings is 1. The molecule has 6 nitrogen and oxygen atoms in total. The van der Waals surface area contributed by atoms with Crippen molar-refractivity contribution in [1.82, 2.24) is 4.90 Å². The SMILES string of the molecule is CCOc1ccc(OCC)c(/C=C2\SC(=S)N(CCCC(=O)O)C2=O)c1. The van der Waals surface area contributed by atoms with Crippen LogP contribution in [0, 0.1) is 0 Å². The van der Waals surface area contributed by atoms with Crippen molar-refractivity contribution in [3.63, 3.8) is 0 Å². The number of carbonyl (C=O) groups is 2. The lowest BCUT2D eigenvalue weighted by Crippen LogP contribution is -2.29. The molecule has 1 aromatic carbocycles. The molecular formula is C18H21NO5S2. The molecule has 1 saturated heterocycles. The number of carbonyl (C=O) groups excluding carboxylic acids is 1. The van der Waals surface area contributed by atoms with Crippen LogP contribution in [0.3, 0.4) is 0 Å². The molecule has 0 aromatic heterocycles. The normalized spacial score (nSPS) is 15.6. The molecule has 8 heteroatoms. The van der Waals surface area contributed by atoms with E-state index in [9.17, 15) is 9.59 Å². The van der Waals surface area contributed by atoms with Crippen molar-refractivity contribution < 1.29 is 24.2 Å². The molecule has 1 aliphatic rings. The standard InChI is InChI=1S/C18H21NO5S2/c1-3-23-13-7-8-14(24-4-2)12(10-13)11-15-17(22)19(18(25)26-15)9-5-6-16(20)21/h7-8,10-11H,3-6,9H2,1-2H3,(H,20,21)/b15-11-. The van der Waals surface area contributed by atoms with Gasteiger partial charge in [-0.05, 0) is 44.5 Å². The van der Waals surface area contributed by atoms with E-state index in [1.807, 2.05) is 32.0 Å². The van der Waals surface area contributed by atoms with Gasteiger partial charge in [0.05, 0.1) is 18.1 Å². The Morgan fingerprint density at radius 1 is 1.31 bits per heavy atom. The Morgan fingerprint density at radius 3 is 2.69 bits per heavy atom. The van der Waals surface area contributed by atoms with Crippen molar-refractivity contribution in [2.45, 2.75) is 26.7 Å². The monoisotopic (exact) mass is 395 g/mol. The van der Waals surface area contributed by atoms with Crippen LogP contribution in [0.2, 0.25) is 0 Å². The number of hydrogen-bond donors (Lipinski definition) is 1. The first-order chi connectivity index (χ1) is 12.5. The van der Waals surface area contributed by atoms with E-state index >= 15 is 0 Å². The van der Waals surface area contributed by atoms with Crippen LogP contribution in [-0.4, -0.2) is 46.0 Å². The van der Waals surface area contributed by atoms with E-state index < -0.39 is 5.97 Å². The lowest BCUT2D eigenvalue weighted by atomic mass is 10.1. The fourth-order valence-corrected chi connectivity index (χ4v) is 3.70. The van der Waals surface area contributed by atoms with Gasteiger partial charge in [0.15, 0.2) is 0 Å². The van der Waals surface area contributed by atoms with Crippen LogP contribution in [0.25, 0.3) is 6.08 Å². The van der Waals surface area contributed by atoms with Crippen molar-refractivity contribution in [3.8, 4) is 11.5 Å². The molecule has 0 spiro atoms. The lowest BCUT2D eigenvalue weighted by Gasteiger charge is -2.13. The van der Waals surface area contributed by atoms with Crippen molar-refractivity contribution in [1.29, 1.82) is 0 Å². The van der Waals surface area contributed by atoms with Gasteiger partial charge < -0.3 is 14.6 Å². The Morgan fingerprint density at radius 2 is 2.04 bits per heavy atom. The molecule has 140 valence electrons. The number of thiocarbonyl (C=S) groups is 1. The van der Waals surface area contributed by atoms with Gasteiger partial charge in [-0.15, -0.1) is 0 Å². The number of amides is 1. The highest BCUT2D eigenvalue weighted by Crippen LogP contribution is 2.35. The number of ether oxygens (including phenoxy) is 2. The fourth-order valence-electron chi connectivity index (χ4n) is 2.41. The molecule has 1 N–H and O–H groups in total. The Bertz CT molecular complexity index is 732. The number of thioether (sulfide) groups is 1. The molecule has 0 aliphatic carbocycles. The summed E-state index contributed by atoms with van der Waals surface area (Å²) >= 11 is 6.47. The van der Waals surface area contributed by atoms with Gasteiger partial charge in [-0.2, -0.15) is 0 Å². The molecule has 26 heavy (non-hydrogen) atoms. The zero-order valence-corrected chi connectivity index (χ0v) is 16.3. The van der Waals surface area contributed by atoms with E-state index in [0.29, 0.717) is 46.9 Å². The molecule has 1 aromatic rings. The maximum atomic E-state index is 12.6. The van der Waals surface area contributed by atoms with E-state index in [1.54, 1.807) is 6.08 Å². The van der Waals surface area contributed by atoms with E-state index in [1.165, 1.54) is 16.7 Å². The largest absolute Gasteiger partial charge is 0.494 e. The maximum Gasteiger partial charge on any atom is 0.303 e. The first kappa shape index (κ1) is 20.3. The summed E-state index contributed by atoms with van der Waals surface area (Å²) in [6, 6.07) is 5.46. The topological polar surface area (TPSA) is 76.1 Å². The number of aliphatic carboxylic acids is 1. The van der Waals surface area contributed by atoms with Crippen molar-refractivity contribution >= 4 is 46.3 Å². The second kappa shape index (κ2) is 9.59. The summed E-state index contributed by atoms with van der Waals surface area (Å²) in [6.45, 7) is 5.14. The molecule has 1 aliphatic heterocycles. The minimum Gasteiger partial charge on any atom is -0.494 e. The lowest BCUT2D eigenvalue weighted by molar-refractivity contribution is -0.137. The molecule has 0 radical (unpaired) electrons. The number of hydrogen-bond acceptors (Lipinski definition) is 6. The molecule has 0 saturated carbocycles. The van der Waals surface area contributed by atoms with Crippen LogP contribution in [0.5, 0.6) is 11.5 Å². The van der Waals surface area contributed by atoms with Gasteiger partial charge in [0.25, 0.3) is 5.91 Å². The molecular weight excluding hydrogens is 374 g/mol. The molecule has 0 unspecified atom stereocenters. The van der Waals surface area contributed by atoms with E-state index in [-0.39, 0.29) is 12.3 Å². The van der Waals surface area contributed by atoms with Crippen LogP contribution < -0.4 is 9.47 Å². The Kier molecular flexibility index (Phi) is 7.47. The smallest absolute Gasteiger partial charge is 0.303 e. The minimum atomic E-state index is -0.889. The van der Waals surface area contributed by atoms with E-state index in [0.717, 1.165) is 5.56 Å². The van der Waals surface area contributed by atoms with Crippen molar-refractivity contribution in [2.24, 2.45) is 0 Å². The number of carboxylic acids is 1. The second-order valence-corrected chi connectivity index (χ2v) is 7.07. The predicted octanol–water partition coefficient (Wildman–Crippen LogP) is 3.55. The van der Waals surface area contributed by atoms with Crippen LogP contribution in [0.4, 0.5) is 0 Å². The molecule has 1 fully saturated rings. The summed E-state index contributed by atoms with van der Waals surface area (Å²) in [5, 5.41) is 8.74. The highest BCUT2D eigenvalue weighted by Gasteiger charge is 2.31. The average Bonchev–Trinajstić information content (AvgIpc) is 2.85. The molecule has 1 heterocycles. The number of rotatable bonds is 9. The van der Waals surface area contributed by atoms with Gasteiger partial charge in [-0.25, -0.2) is 0 Å². The summed E-state index contributed by atoms with van der Waals surface area (Å²) in [7, 11) is 0. The third kappa shape index (κ3) is 5.22. The molecule has 0 bridgehead atoms. The highest BCUT2D eigenvalue weighted by atomic mass is 32.2. The zero-order valence-electron chi connectivity index (χ0n) is 14.7. The van der Waals surface area contributed by atoms with Crippen molar-refractivity contribution in [2.75, 3.05) is 19.8 Å². The molecule has 1 amide bonds. The average molecular weight is 396 g/mol. The van der Waals surface area contributed by atoms with Gasteiger partial charge in [-0.1, -0.05) is 24.0 Å². The Labute approximate surface area is 162 Å².